The molecule has 1 heterocycles. The van der Waals surface area contributed by atoms with Crippen molar-refractivity contribution in [3.05, 3.63) is 34.3 Å². The largest absolute Gasteiger partial charge is 0.419 e. The van der Waals surface area contributed by atoms with Crippen LogP contribution < -0.4 is 11.5 Å². The van der Waals surface area contributed by atoms with Gasteiger partial charge in [0.15, 0.2) is 5.58 Å². The summed E-state index contributed by atoms with van der Waals surface area (Å²) in [7, 11) is 0. The van der Waals surface area contributed by atoms with E-state index >= 15 is 0 Å². The molecule has 1 aliphatic rings. The Bertz CT molecular complexity index is 711. The Hall–Kier alpha value is -1.55. The number of aromatic nitrogens is 1. The molecule has 2 aromatic rings. The van der Waals surface area contributed by atoms with Gasteiger partial charge in [-0.25, -0.2) is 4.79 Å². The Morgan fingerprint density at radius 2 is 2.24 bits per heavy atom. The van der Waals surface area contributed by atoms with E-state index < -0.39 is 0 Å². The summed E-state index contributed by atoms with van der Waals surface area (Å²) >= 11 is 0. The van der Waals surface area contributed by atoms with Crippen molar-refractivity contribution in [2.24, 2.45) is 17.1 Å². The standard InChI is InChI=1S/C17H24N2O2/c1-4-19-13-8-7-11(10-14(13)21-16(19)20)15(18)12-6-5-9-17(12,2)3/h7-8,10,12,15H,4-6,9,18H2,1-3H3. The van der Waals surface area contributed by atoms with E-state index in [1.807, 2.05) is 25.1 Å². The van der Waals surface area contributed by atoms with Crippen molar-refractivity contribution in [2.45, 2.75) is 52.6 Å². The molecule has 2 unspecified atom stereocenters. The van der Waals surface area contributed by atoms with Crippen LogP contribution in [0.5, 0.6) is 0 Å². The lowest BCUT2D eigenvalue weighted by Gasteiger charge is -2.32. The maximum Gasteiger partial charge on any atom is 0.419 e. The maximum absolute atomic E-state index is 11.8. The predicted octanol–water partition coefficient (Wildman–Crippen LogP) is 3.44. The van der Waals surface area contributed by atoms with Crippen molar-refractivity contribution in [3.8, 4) is 0 Å². The van der Waals surface area contributed by atoms with Gasteiger partial charge in [-0.05, 0) is 48.8 Å². The van der Waals surface area contributed by atoms with Crippen LogP contribution in [0.4, 0.5) is 0 Å². The van der Waals surface area contributed by atoms with Crippen molar-refractivity contribution in [3.63, 3.8) is 0 Å². The molecule has 1 aliphatic carbocycles. The normalized spacial score (nSPS) is 22.8. The Balaban J connectivity index is 1.99. The Morgan fingerprint density at radius 1 is 1.48 bits per heavy atom. The monoisotopic (exact) mass is 288 g/mol. The van der Waals surface area contributed by atoms with Gasteiger partial charge in [0.2, 0.25) is 0 Å². The van der Waals surface area contributed by atoms with Gasteiger partial charge in [-0.1, -0.05) is 26.3 Å². The van der Waals surface area contributed by atoms with Crippen LogP contribution in [0.2, 0.25) is 0 Å². The zero-order valence-corrected chi connectivity index (χ0v) is 13.1. The number of oxazole rings is 1. The van der Waals surface area contributed by atoms with Gasteiger partial charge in [0, 0.05) is 12.6 Å². The lowest BCUT2D eigenvalue weighted by Crippen LogP contribution is -2.29. The first kappa shape index (κ1) is 14.4. The minimum atomic E-state index is -0.292. The van der Waals surface area contributed by atoms with E-state index in [-0.39, 0.29) is 17.2 Å². The van der Waals surface area contributed by atoms with Crippen molar-refractivity contribution >= 4 is 11.1 Å². The molecular weight excluding hydrogens is 264 g/mol. The van der Waals surface area contributed by atoms with E-state index in [0.717, 1.165) is 11.1 Å². The number of fused-ring (bicyclic) bond motifs is 1. The van der Waals surface area contributed by atoms with Gasteiger partial charge in [-0.2, -0.15) is 0 Å². The number of nitrogens with zero attached hydrogens (tertiary/aromatic N) is 1. The quantitative estimate of drug-likeness (QED) is 0.941. The van der Waals surface area contributed by atoms with Crippen molar-refractivity contribution in [1.29, 1.82) is 0 Å². The van der Waals surface area contributed by atoms with Crippen LogP contribution in [0.25, 0.3) is 11.1 Å². The van der Waals surface area contributed by atoms with Gasteiger partial charge < -0.3 is 10.2 Å². The third kappa shape index (κ3) is 2.31. The molecule has 2 N–H and O–H groups in total. The van der Waals surface area contributed by atoms with Crippen LogP contribution in [-0.4, -0.2) is 4.57 Å². The maximum atomic E-state index is 11.8. The summed E-state index contributed by atoms with van der Waals surface area (Å²) in [5, 5.41) is 0. The van der Waals surface area contributed by atoms with Crippen molar-refractivity contribution < 1.29 is 4.42 Å². The third-order valence-corrected chi connectivity index (χ3v) is 5.17. The first-order valence-corrected chi connectivity index (χ1v) is 7.83. The fourth-order valence-electron chi connectivity index (χ4n) is 3.84. The highest BCUT2D eigenvalue weighted by atomic mass is 16.4. The Labute approximate surface area is 124 Å². The third-order valence-electron chi connectivity index (χ3n) is 5.17. The van der Waals surface area contributed by atoms with Gasteiger partial charge in [0.25, 0.3) is 0 Å². The number of rotatable bonds is 3. The number of nitrogens with two attached hydrogens (primary N) is 1. The molecule has 0 saturated heterocycles. The molecule has 1 aromatic heterocycles. The second-order valence-corrected chi connectivity index (χ2v) is 6.85. The second-order valence-electron chi connectivity index (χ2n) is 6.85. The van der Waals surface area contributed by atoms with Crippen LogP contribution in [0, 0.1) is 11.3 Å². The minimum Gasteiger partial charge on any atom is -0.408 e. The summed E-state index contributed by atoms with van der Waals surface area (Å²) in [5.74, 6) is 0.189. The fraction of sp³-hybridized carbons (Fsp3) is 0.588. The molecule has 0 radical (unpaired) electrons. The molecule has 0 aliphatic heterocycles. The van der Waals surface area contributed by atoms with Crippen LogP contribution in [0.15, 0.2) is 27.4 Å². The highest BCUT2D eigenvalue weighted by Gasteiger charge is 2.38. The van der Waals surface area contributed by atoms with E-state index in [1.54, 1.807) is 4.57 Å². The average Bonchev–Trinajstić information content (AvgIpc) is 2.95. The minimum absolute atomic E-state index is 0.00202. The molecule has 0 spiro atoms. The van der Waals surface area contributed by atoms with Gasteiger partial charge in [0.05, 0.1) is 5.52 Å². The Kier molecular flexibility index (Phi) is 3.44. The van der Waals surface area contributed by atoms with E-state index in [4.69, 9.17) is 10.2 Å². The zero-order valence-electron chi connectivity index (χ0n) is 13.1. The number of hydrogen-bond acceptors (Lipinski definition) is 3. The molecule has 1 fully saturated rings. The summed E-state index contributed by atoms with van der Waals surface area (Å²) < 4.78 is 6.99. The van der Waals surface area contributed by atoms with Crippen molar-refractivity contribution in [2.75, 3.05) is 0 Å². The van der Waals surface area contributed by atoms with Gasteiger partial charge in [-0.15, -0.1) is 0 Å². The second kappa shape index (κ2) is 5.02. The van der Waals surface area contributed by atoms with Crippen LogP contribution >= 0.6 is 0 Å². The first-order valence-electron chi connectivity index (χ1n) is 7.83. The molecule has 0 bridgehead atoms. The lowest BCUT2D eigenvalue weighted by atomic mass is 9.76. The summed E-state index contributed by atoms with van der Waals surface area (Å²) in [6.45, 7) is 7.16. The molecule has 2 atom stereocenters. The fourth-order valence-corrected chi connectivity index (χ4v) is 3.84. The van der Waals surface area contributed by atoms with E-state index in [0.29, 0.717) is 18.0 Å². The molecule has 4 nitrogen and oxygen atoms in total. The van der Waals surface area contributed by atoms with Crippen LogP contribution in [0.1, 0.15) is 51.6 Å². The van der Waals surface area contributed by atoms with E-state index in [1.165, 1.54) is 19.3 Å². The molecule has 0 amide bonds. The predicted molar refractivity (Wildman–Crippen MR) is 84.2 cm³/mol. The Morgan fingerprint density at radius 3 is 2.86 bits per heavy atom. The highest BCUT2D eigenvalue weighted by Crippen LogP contribution is 2.47. The van der Waals surface area contributed by atoms with Gasteiger partial charge >= 0.3 is 5.76 Å². The molecular formula is C17H24N2O2. The summed E-state index contributed by atoms with van der Waals surface area (Å²) in [6.07, 6.45) is 3.65. The number of aryl methyl sites for hydroxylation is 1. The molecule has 4 heteroatoms. The van der Waals surface area contributed by atoms with Crippen LogP contribution in [-0.2, 0) is 6.54 Å². The molecule has 21 heavy (non-hydrogen) atoms. The lowest BCUT2D eigenvalue weighted by molar-refractivity contribution is 0.222. The smallest absolute Gasteiger partial charge is 0.408 e. The van der Waals surface area contributed by atoms with Crippen molar-refractivity contribution in [1.82, 2.24) is 4.57 Å². The number of hydrogen-bond donors (Lipinski definition) is 1. The average molecular weight is 288 g/mol. The van der Waals surface area contributed by atoms with Gasteiger partial charge in [-0.3, -0.25) is 4.57 Å². The zero-order chi connectivity index (χ0) is 15.2. The van der Waals surface area contributed by atoms with E-state index in [9.17, 15) is 4.79 Å². The van der Waals surface area contributed by atoms with E-state index in [2.05, 4.69) is 13.8 Å². The SMILES string of the molecule is CCn1c(=O)oc2cc(C(N)C3CCCC3(C)C)ccc21. The topological polar surface area (TPSA) is 61.2 Å². The first-order chi connectivity index (χ1) is 9.94. The summed E-state index contributed by atoms with van der Waals surface area (Å²) in [4.78, 5) is 11.8. The molecule has 1 aromatic carbocycles. The highest BCUT2D eigenvalue weighted by molar-refractivity contribution is 5.74. The van der Waals surface area contributed by atoms with Crippen LogP contribution in [0.3, 0.4) is 0 Å². The summed E-state index contributed by atoms with van der Waals surface area (Å²) in [5.41, 5.74) is 9.36. The molecule has 3 rings (SSSR count). The summed E-state index contributed by atoms with van der Waals surface area (Å²) in [6, 6.07) is 5.95. The number of benzene rings is 1. The molecule has 114 valence electrons. The van der Waals surface area contributed by atoms with Gasteiger partial charge in [0.1, 0.15) is 0 Å². The molecule has 1 saturated carbocycles.